The van der Waals surface area contributed by atoms with E-state index in [4.69, 9.17) is 4.74 Å². The van der Waals surface area contributed by atoms with Gasteiger partial charge in [-0.3, -0.25) is 19.2 Å². The van der Waals surface area contributed by atoms with Gasteiger partial charge in [0.2, 0.25) is 23.6 Å². The zero-order valence-corrected chi connectivity index (χ0v) is 21.9. The number of hydrogen-bond donors (Lipinski definition) is 3. The molecule has 1 fully saturated rings. The Bertz CT molecular complexity index is 1160. The first-order valence-corrected chi connectivity index (χ1v) is 13.2. The van der Waals surface area contributed by atoms with Gasteiger partial charge in [-0.15, -0.1) is 0 Å². The lowest BCUT2D eigenvalue weighted by Gasteiger charge is -2.27. The standard InChI is InChI=1S/C27H36N6O5/c1-18(2)15-22-26(36)29-10-13-32-12-9-28-25(32)19-5-3-6-20(16-19)38-14-4-11-33(17-24(35)31-22)27(37)21-7-8-23(34)30-21/h3,5-6,9,12,16,18,21-22H,4,7-8,10-11,13-15,17H2,1-2H3,(H,29,36)(H,30,34)(H,31,35)/t21-,22-/m1/s1. The Morgan fingerprint density at radius 3 is 2.76 bits per heavy atom. The number of imidazole rings is 1. The SMILES string of the molecule is CC(C)C[C@H]1NC(=O)CN(C(=O)[C@H]2CCC(=O)N2)CCCOc2cccc(c2)-c2nccn2CCNC1=O. The smallest absolute Gasteiger partial charge is 0.245 e. The molecule has 2 aliphatic rings. The van der Waals surface area contributed by atoms with Gasteiger partial charge in [0.1, 0.15) is 23.7 Å². The van der Waals surface area contributed by atoms with Crippen molar-refractivity contribution in [2.24, 2.45) is 5.92 Å². The highest BCUT2D eigenvalue weighted by Gasteiger charge is 2.32. The third-order valence-electron chi connectivity index (χ3n) is 6.60. The van der Waals surface area contributed by atoms with Crippen LogP contribution in [0.4, 0.5) is 0 Å². The van der Waals surface area contributed by atoms with Crippen LogP contribution < -0.4 is 20.7 Å². The first-order valence-electron chi connectivity index (χ1n) is 13.2. The summed E-state index contributed by atoms with van der Waals surface area (Å²) in [6, 6.07) is 6.23. The Morgan fingerprint density at radius 2 is 2.00 bits per heavy atom. The fourth-order valence-electron chi connectivity index (χ4n) is 4.75. The van der Waals surface area contributed by atoms with Gasteiger partial charge in [-0.1, -0.05) is 26.0 Å². The third-order valence-corrected chi connectivity index (χ3v) is 6.60. The molecule has 0 saturated carbocycles. The zero-order valence-electron chi connectivity index (χ0n) is 21.9. The molecule has 0 spiro atoms. The van der Waals surface area contributed by atoms with Gasteiger partial charge in [0.25, 0.3) is 0 Å². The van der Waals surface area contributed by atoms with Gasteiger partial charge in [-0.05, 0) is 37.3 Å². The summed E-state index contributed by atoms with van der Waals surface area (Å²) in [5.74, 6) is 0.419. The summed E-state index contributed by atoms with van der Waals surface area (Å²) in [5.41, 5.74) is 0.888. The summed E-state index contributed by atoms with van der Waals surface area (Å²) in [7, 11) is 0. The minimum atomic E-state index is -0.730. The van der Waals surface area contributed by atoms with Gasteiger partial charge >= 0.3 is 0 Å². The fourth-order valence-corrected chi connectivity index (χ4v) is 4.75. The molecule has 3 N–H and O–H groups in total. The molecule has 38 heavy (non-hydrogen) atoms. The molecule has 11 nitrogen and oxygen atoms in total. The quantitative estimate of drug-likeness (QED) is 0.550. The number of rotatable bonds is 3. The van der Waals surface area contributed by atoms with Gasteiger partial charge in [0.05, 0.1) is 13.2 Å². The van der Waals surface area contributed by atoms with E-state index >= 15 is 0 Å². The second kappa shape index (κ2) is 12.6. The number of nitrogens with zero attached hydrogens (tertiary/aromatic N) is 3. The number of nitrogens with one attached hydrogen (secondary N) is 3. The van der Waals surface area contributed by atoms with Crippen molar-refractivity contribution in [1.29, 1.82) is 0 Å². The molecule has 204 valence electrons. The minimum Gasteiger partial charge on any atom is -0.494 e. The molecule has 2 atom stereocenters. The summed E-state index contributed by atoms with van der Waals surface area (Å²) in [6.07, 6.45) is 5.19. The number of carbonyl (C=O) groups is 4. The topological polar surface area (TPSA) is 135 Å². The minimum absolute atomic E-state index is 0.167. The van der Waals surface area contributed by atoms with Crippen LogP contribution in [-0.4, -0.2) is 76.4 Å². The summed E-state index contributed by atoms with van der Waals surface area (Å²) in [4.78, 5) is 56.9. The molecule has 1 saturated heterocycles. The highest BCUT2D eigenvalue weighted by Crippen LogP contribution is 2.23. The molecular weight excluding hydrogens is 488 g/mol. The maximum atomic E-state index is 13.2. The van der Waals surface area contributed by atoms with Crippen LogP contribution in [0, 0.1) is 5.92 Å². The Balaban J connectivity index is 1.56. The molecule has 0 aliphatic carbocycles. The molecular formula is C27H36N6O5. The van der Waals surface area contributed by atoms with Gasteiger partial charge in [-0.2, -0.15) is 0 Å². The molecule has 3 heterocycles. The van der Waals surface area contributed by atoms with Gasteiger partial charge in [0, 0.05) is 44.0 Å². The van der Waals surface area contributed by atoms with E-state index in [2.05, 4.69) is 20.9 Å². The van der Waals surface area contributed by atoms with Crippen molar-refractivity contribution in [3.8, 4) is 17.1 Å². The predicted molar refractivity (Wildman–Crippen MR) is 140 cm³/mol. The van der Waals surface area contributed by atoms with Crippen molar-refractivity contribution < 1.29 is 23.9 Å². The van der Waals surface area contributed by atoms with Gasteiger partial charge < -0.3 is 30.2 Å². The van der Waals surface area contributed by atoms with Crippen molar-refractivity contribution >= 4 is 23.6 Å². The first kappa shape index (κ1) is 27.2. The van der Waals surface area contributed by atoms with Crippen molar-refractivity contribution in [3.05, 3.63) is 36.7 Å². The van der Waals surface area contributed by atoms with E-state index in [9.17, 15) is 19.2 Å². The van der Waals surface area contributed by atoms with Crippen molar-refractivity contribution in [3.63, 3.8) is 0 Å². The van der Waals surface area contributed by atoms with Crippen LogP contribution in [0.25, 0.3) is 11.4 Å². The summed E-state index contributed by atoms with van der Waals surface area (Å²) in [5, 5.41) is 8.44. The summed E-state index contributed by atoms with van der Waals surface area (Å²) in [6.45, 7) is 5.22. The average Bonchev–Trinajstić information content (AvgIpc) is 3.53. The van der Waals surface area contributed by atoms with Crippen molar-refractivity contribution in [2.75, 3.05) is 26.2 Å². The second-order valence-corrected chi connectivity index (χ2v) is 10.1. The lowest BCUT2D eigenvalue weighted by Crippen LogP contribution is -2.53. The lowest BCUT2D eigenvalue weighted by molar-refractivity contribution is -0.139. The largest absolute Gasteiger partial charge is 0.494 e. The molecule has 2 bridgehead atoms. The number of ether oxygens (including phenoxy) is 1. The van der Waals surface area contributed by atoms with Crippen LogP contribution in [0.15, 0.2) is 36.7 Å². The summed E-state index contributed by atoms with van der Waals surface area (Å²) < 4.78 is 7.92. The monoisotopic (exact) mass is 524 g/mol. The van der Waals surface area contributed by atoms with Crippen LogP contribution >= 0.6 is 0 Å². The first-order chi connectivity index (χ1) is 18.3. The van der Waals surface area contributed by atoms with Crippen LogP contribution in [0.5, 0.6) is 5.75 Å². The van der Waals surface area contributed by atoms with Crippen LogP contribution in [-0.2, 0) is 25.7 Å². The van der Waals surface area contributed by atoms with E-state index < -0.39 is 18.0 Å². The van der Waals surface area contributed by atoms with Gasteiger partial charge in [0.15, 0.2) is 0 Å². The molecule has 2 aliphatic heterocycles. The van der Waals surface area contributed by atoms with E-state index in [1.165, 1.54) is 4.90 Å². The van der Waals surface area contributed by atoms with Crippen molar-refractivity contribution in [2.45, 2.75) is 58.2 Å². The predicted octanol–water partition coefficient (Wildman–Crippen LogP) is 1.09. The number of carbonyl (C=O) groups excluding carboxylic acids is 4. The molecule has 1 aromatic carbocycles. The molecule has 0 radical (unpaired) electrons. The van der Waals surface area contributed by atoms with E-state index in [-0.39, 0.29) is 43.1 Å². The molecule has 4 amide bonds. The molecule has 4 rings (SSSR count). The van der Waals surface area contributed by atoms with Crippen LogP contribution in [0.2, 0.25) is 0 Å². The Kier molecular flexibility index (Phi) is 8.98. The average molecular weight is 525 g/mol. The summed E-state index contributed by atoms with van der Waals surface area (Å²) >= 11 is 0. The highest BCUT2D eigenvalue weighted by molar-refractivity contribution is 5.94. The third kappa shape index (κ3) is 7.11. The lowest BCUT2D eigenvalue weighted by atomic mass is 10.0. The number of hydrogen-bond acceptors (Lipinski definition) is 6. The maximum absolute atomic E-state index is 13.2. The number of fused-ring (bicyclic) bond motifs is 4. The van der Waals surface area contributed by atoms with Gasteiger partial charge in [-0.25, -0.2) is 4.98 Å². The number of amides is 4. The molecule has 1 aromatic heterocycles. The van der Waals surface area contributed by atoms with Crippen LogP contribution in [0.3, 0.4) is 0 Å². The number of aromatic nitrogens is 2. The van der Waals surface area contributed by atoms with E-state index in [1.54, 1.807) is 6.20 Å². The normalized spacial score (nSPS) is 21.4. The number of benzene rings is 1. The van der Waals surface area contributed by atoms with Crippen LogP contribution in [0.1, 0.15) is 39.5 Å². The fraction of sp³-hybridized carbons (Fsp3) is 0.519. The Morgan fingerprint density at radius 1 is 1.16 bits per heavy atom. The zero-order chi connectivity index (χ0) is 27.1. The molecule has 11 heteroatoms. The van der Waals surface area contributed by atoms with Crippen molar-refractivity contribution in [1.82, 2.24) is 30.4 Å². The maximum Gasteiger partial charge on any atom is 0.245 e. The van der Waals surface area contributed by atoms with E-state index in [0.29, 0.717) is 44.7 Å². The Hall–Kier alpha value is -3.89. The van der Waals surface area contributed by atoms with E-state index in [1.807, 2.05) is 48.9 Å². The highest BCUT2D eigenvalue weighted by atomic mass is 16.5. The molecule has 0 unspecified atom stereocenters. The second-order valence-electron chi connectivity index (χ2n) is 10.1. The van der Waals surface area contributed by atoms with E-state index in [0.717, 1.165) is 11.4 Å². The molecule has 2 aromatic rings. The Labute approximate surface area is 222 Å².